The first-order chi connectivity index (χ1) is 10.2. The molecule has 0 fully saturated rings. The van der Waals surface area contributed by atoms with Crippen LogP contribution < -0.4 is 5.32 Å². The number of thiazole rings is 1. The lowest BCUT2D eigenvalue weighted by molar-refractivity contribution is 0.102. The van der Waals surface area contributed by atoms with Crippen molar-refractivity contribution in [3.8, 4) is 0 Å². The molecule has 0 saturated heterocycles. The fourth-order valence-corrected chi connectivity index (χ4v) is 3.42. The van der Waals surface area contributed by atoms with E-state index in [1.807, 2.05) is 6.92 Å². The first kappa shape index (κ1) is 16.9. The van der Waals surface area contributed by atoms with Crippen LogP contribution in [0.4, 0.5) is 5.13 Å². The second-order valence-electron chi connectivity index (χ2n) is 4.66. The molecule has 9 heteroatoms. The van der Waals surface area contributed by atoms with Crippen LogP contribution in [0, 0.1) is 6.92 Å². The Morgan fingerprint density at radius 1 is 1.36 bits per heavy atom. The Hall–Kier alpha value is -1.48. The van der Waals surface area contributed by atoms with Gasteiger partial charge in [0.15, 0.2) is 5.13 Å². The van der Waals surface area contributed by atoms with Gasteiger partial charge in [-0.05, 0) is 25.1 Å². The monoisotopic (exact) mass is 359 g/mol. The number of aryl methyl sites for hydroxylation is 1. The van der Waals surface area contributed by atoms with Crippen molar-refractivity contribution in [1.29, 1.82) is 0 Å². The van der Waals surface area contributed by atoms with Gasteiger partial charge >= 0.3 is 0 Å². The molecule has 2 aromatic rings. The van der Waals surface area contributed by atoms with Gasteiger partial charge in [0.2, 0.25) is 10.0 Å². The Balaban J connectivity index is 2.36. The summed E-state index contributed by atoms with van der Waals surface area (Å²) in [4.78, 5) is 17.2. The molecule has 1 aromatic carbocycles. The molecule has 1 amide bonds. The van der Waals surface area contributed by atoms with Gasteiger partial charge in [-0.3, -0.25) is 10.1 Å². The average Bonchev–Trinajstić information content (AvgIpc) is 2.84. The van der Waals surface area contributed by atoms with E-state index in [4.69, 9.17) is 11.6 Å². The van der Waals surface area contributed by atoms with Crippen LogP contribution in [0.3, 0.4) is 0 Å². The molecule has 0 unspecified atom stereocenters. The third-order valence-electron chi connectivity index (χ3n) is 2.80. The van der Waals surface area contributed by atoms with Crippen molar-refractivity contribution in [2.45, 2.75) is 11.8 Å². The fourth-order valence-electron chi connectivity index (χ4n) is 1.63. The summed E-state index contributed by atoms with van der Waals surface area (Å²) < 4.78 is 25.3. The molecule has 0 aliphatic heterocycles. The summed E-state index contributed by atoms with van der Waals surface area (Å²) in [6, 6.07) is 4.01. The Morgan fingerprint density at radius 2 is 2.05 bits per heavy atom. The zero-order valence-corrected chi connectivity index (χ0v) is 14.5. The van der Waals surface area contributed by atoms with E-state index >= 15 is 0 Å². The van der Waals surface area contributed by atoms with Gasteiger partial charge in [-0.2, -0.15) is 0 Å². The zero-order chi connectivity index (χ0) is 16.5. The first-order valence-corrected chi connectivity index (χ1v) is 8.81. The number of halogens is 1. The molecule has 0 saturated carbocycles. The number of aromatic nitrogens is 1. The first-order valence-electron chi connectivity index (χ1n) is 6.17. The van der Waals surface area contributed by atoms with Crippen molar-refractivity contribution < 1.29 is 13.2 Å². The predicted octanol–water partition coefficient (Wildman–Crippen LogP) is 2.61. The third-order valence-corrected chi connectivity index (χ3v) is 5.77. The van der Waals surface area contributed by atoms with E-state index in [2.05, 4.69) is 10.3 Å². The molecule has 0 aliphatic carbocycles. The summed E-state index contributed by atoms with van der Waals surface area (Å²) in [5.41, 5.74) is 0.0810. The smallest absolute Gasteiger partial charge is 0.259 e. The molecule has 1 N–H and O–H groups in total. The van der Waals surface area contributed by atoms with Crippen LogP contribution in [-0.4, -0.2) is 37.7 Å². The molecule has 1 heterocycles. The molecule has 0 bridgehead atoms. The van der Waals surface area contributed by atoms with Crippen LogP contribution in [0.15, 0.2) is 29.3 Å². The molecule has 22 heavy (non-hydrogen) atoms. The summed E-state index contributed by atoms with van der Waals surface area (Å²) in [5, 5.41) is 3.20. The number of amides is 1. The molecule has 118 valence electrons. The second-order valence-corrected chi connectivity index (χ2v) is 8.45. The van der Waals surface area contributed by atoms with Crippen molar-refractivity contribution in [3.63, 3.8) is 0 Å². The van der Waals surface area contributed by atoms with Crippen LogP contribution in [0.2, 0.25) is 5.02 Å². The molecule has 0 radical (unpaired) electrons. The van der Waals surface area contributed by atoms with Crippen molar-refractivity contribution in [2.75, 3.05) is 19.4 Å². The number of carbonyl (C=O) groups is 1. The van der Waals surface area contributed by atoms with E-state index in [1.165, 1.54) is 43.6 Å². The molecule has 0 aliphatic rings. The van der Waals surface area contributed by atoms with Gasteiger partial charge in [-0.15, -0.1) is 11.3 Å². The summed E-state index contributed by atoms with van der Waals surface area (Å²) in [5.74, 6) is -0.504. The molecule has 6 nitrogen and oxygen atoms in total. The van der Waals surface area contributed by atoms with E-state index in [9.17, 15) is 13.2 Å². The number of nitrogens with zero attached hydrogens (tertiary/aromatic N) is 2. The Bertz CT molecular complexity index is 816. The van der Waals surface area contributed by atoms with Crippen molar-refractivity contribution in [1.82, 2.24) is 9.29 Å². The topological polar surface area (TPSA) is 79.4 Å². The van der Waals surface area contributed by atoms with Crippen LogP contribution in [0.5, 0.6) is 0 Å². The quantitative estimate of drug-likeness (QED) is 0.910. The van der Waals surface area contributed by atoms with Gasteiger partial charge in [0.05, 0.1) is 15.5 Å². The highest BCUT2D eigenvalue weighted by Crippen LogP contribution is 2.24. The number of rotatable bonds is 4. The number of nitrogens with one attached hydrogen (secondary N) is 1. The third kappa shape index (κ3) is 3.46. The van der Waals surface area contributed by atoms with Crippen molar-refractivity contribution in [3.05, 3.63) is 39.9 Å². The minimum Gasteiger partial charge on any atom is -0.298 e. The summed E-state index contributed by atoms with van der Waals surface area (Å²) in [6.07, 6.45) is 1.63. The van der Waals surface area contributed by atoms with Crippen LogP contribution in [0.1, 0.15) is 15.2 Å². The standard InChI is InChI=1S/C13H14ClN3O3S2/c1-8-7-15-13(21-8)16-12(18)10-6-9(4-5-11(10)14)22(19,20)17(2)3/h4-7H,1-3H3,(H,15,16,18). The van der Waals surface area contributed by atoms with Crippen LogP contribution in [0.25, 0.3) is 0 Å². The Labute approximate surface area is 137 Å². The maximum absolute atomic E-state index is 12.3. The number of anilines is 1. The maximum atomic E-state index is 12.3. The van der Waals surface area contributed by atoms with Gasteiger partial charge in [-0.1, -0.05) is 11.6 Å². The van der Waals surface area contributed by atoms with Crippen LogP contribution >= 0.6 is 22.9 Å². The van der Waals surface area contributed by atoms with Crippen molar-refractivity contribution >= 4 is 44.0 Å². The average molecular weight is 360 g/mol. The lowest BCUT2D eigenvalue weighted by Gasteiger charge is -2.13. The number of benzene rings is 1. The normalized spacial score (nSPS) is 11.7. The van der Waals surface area contributed by atoms with E-state index in [0.29, 0.717) is 5.13 Å². The predicted molar refractivity (Wildman–Crippen MR) is 87.1 cm³/mol. The highest BCUT2D eigenvalue weighted by atomic mass is 35.5. The summed E-state index contributed by atoms with van der Waals surface area (Å²) in [6.45, 7) is 1.87. The van der Waals surface area contributed by atoms with Gasteiger partial charge in [0, 0.05) is 25.2 Å². The Kier molecular flexibility index (Phi) is 4.86. The van der Waals surface area contributed by atoms with Gasteiger partial charge in [-0.25, -0.2) is 17.7 Å². The number of carbonyl (C=O) groups excluding carboxylic acids is 1. The van der Waals surface area contributed by atoms with E-state index in [-0.39, 0.29) is 15.5 Å². The number of hydrogen-bond acceptors (Lipinski definition) is 5. The van der Waals surface area contributed by atoms with Gasteiger partial charge < -0.3 is 0 Å². The SMILES string of the molecule is Cc1cnc(NC(=O)c2cc(S(=O)(=O)N(C)C)ccc2Cl)s1. The number of hydrogen-bond donors (Lipinski definition) is 1. The lowest BCUT2D eigenvalue weighted by atomic mass is 10.2. The largest absolute Gasteiger partial charge is 0.298 e. The molecular weight excluding hydrogens is 346 g/mol. The molecule has 2 rings (SSSR count). The summed E-state index contributed by atoms with van der Waals surface area (Å²) in [7, 11) is -0.799. The fraction of sp³-hybridized carbons (Fsp3) is 0.231. The lowest BCUT2D eigenvalue weighted by Crippen LogP contribution is -2.23. The zero-order valence-electron chi connectivity index (χ0n) is 12.1. The van der Waals surface area contributed by atoms with E-state index < -0.39 is 15.9 Å². The summed E-state index contributed by atoms with van der Waals surface area (Å²) >= 11 is 7.32. The molecule has 0 spiro atoms. The maximum Gasteiger partial charge on any atom is 0.259 e. The molecular formula is C13H14ClN3O3S2. The molecule has 0 atom stereocenters. The second kappa shape index (κ2) is 6.33. The highest BCUT2D eigenvalue weighted by molar-refractivity contribution is 7.89. The van der Waals surface area contributed by atoms with E-state index in [0.717, 1.165) is 9.18 Å². The van der Waals surface area contributed by atoms with Gasteiger partial charge in [0.25, 0.3) is 5.91 Å². The van der Waals surface area contributed by atoms with E-state index in [1.54, 1.807) is 6.20 Å². The number of sulfonamides is 1. The Morgan fingerprint density at radius 3 is 2.59 bits per heavy atom. The highest BCUT2D eigenvalue weighted by Gasteiger charge is 2.21. The van der Waals surface area contributed by atoms with Crippen molar-refractivity contribution in [2.24, 2.45) is 0 Å². The van der Waals surface area contributed by atoms with Gasteiger partial charge in [0.1, 0.15) is 0 Å². The molecule has 1 aromatic heterocycles. The minimum absolute atomic E-state index is 0.00219. The minimum atomic E-state index is -3.64. The van der Waals surface area contributed by atoms with Crippen LogP contribution in [-0.2, 0) is 10.0 Å².